The number of hydrogen-bond acceptors (Lipinski definition) is 7. The standard InChI is InChI=1S/C31H26N2O5S/c1-18-9-7-8-12-23(18)25-24(26(34)28-19(2)32-29(39-28)21-10-5-4-6-11-21)27(35)30(36)33(25)17-20-13-15-22(16-14-20)31(37)38-3/h4-16,25,35H,17H2,1-3H3. The Labute approximate surface area is 230 Å². The van der Waals surface area contributed by atoms with Crippen LogP contribution >= 0.6 is 11.3 Å². The number of amides is 1. The molecule has 3 aromatic carbocycles. The molecule has 1 aliphatic rings. The summed E-state index contributed by atoms with van der Waals surface area (Å²) in [6.07, 6.45) is 0. The summed E-state index contributed by atoms with van der Waals surface area (Å²) in [5.41, 5.74) is 4.21. The van der Waals surface area contributed by atoms with Crippen LogP contribution in [0.25, 0.3) is 10.6 Å². The van der Waals surface area contributed by atoms with E-state index in [0.717, 1.165) is 22.3 Å². The Kier molecular flexibility index (Phi) is 7.13. The van der Waals surface area contributed by atoms with Crippen LogP contribution in [0.1, 0.15) is 48.5 Å². The molecular formula is C31H26N2O5S. The summed E-state index contributed by atoms with van der Waals surface area (Å²) in [7, 11) is 1.31. The first kappa shape index (κ1) is 26.1. The zero-order chi connectivity index (χ0) is 27.7. The van der Waals surface area contributed by atoms with Gasteiger partial charge in [0.1, 0.15) is 5.01 Å². The van der Waals surface area contributed by atoms with E-state index in [9.17, 15) is 19.5 Å². The number of carbonyl (C=O) groups excluding carboxylic acids is 3. The van der Waals surface area contributed by atoms with Crippen molar-refractivity contribution in [3.63, 3.8) is 0 Å². The normalized spacial score (nSPS) is 15.1. The van der Waals surface area contributed by atoms with Crippen LogP contribution in [0.3, 0.4) is 0 Å². The van der Waals surface area contributed by atoms with Crippen molar-refractivity contribution >= 4 is 29.0 Å². The molecule has 0 saturated heterocycles. The van der Waals surface area contributed by atoms with Gasteiger partial charge in [0, 0.05) is 12.1 Å². The maximum atomic E-state index is 14.0. The first-order valence-corrected chi connectivity index (χ1v) is 13.2. The predicted octanol–water partition coefficient (Wildman–Crippen LogP) is 5.99. The van der Waals surface area contributed by atoms with Gasteiger partial charge in [-0.05, 0) is 42.7 Å². The minimum absolute atomic E-state index is 0.0341. The van der Waals surface area contributed by atoms with Gasteiger partial charge in [-0.3, -0.25) is 9.59 Å². The Bertz CT molecular complexity index is 1610. The number of aliphatic hydroxyl groups excluding tert-OH is 1. The fourth-order valence-electron chi connectivity index (χ4n) is 4.76. The van der Waals surface area contributed by atoms with Crippen molar-refractivity contribution < 1.29 is 24.2 Å². The summed E-state index contributed by atoms with van der Waals surface area (Å²) in [5.74, 6) is -2.07. The Morgan fingerprint density at radius 3 is 2.31 bits per heavy atom. The molecule has 1 N–H and O–H groups in total. The van der Waals surface area contributed by atoms with E-state index in [1.54, 1.807) is 31.2 Å². The van der Waals surface area contributed by atoms with E-state index in [2.05, 4.69) is 4.98 Å². The highest BCUT2D eigenvalue weighted by Gasteiger charge is 2.45. The van der Waals surface area contributed by atoms with Gasteiger partial charge in [-0.1, -0.05) is 66.7 Å². The first-order valence-electron chi connectivity index (χ1n) is 12.3. The average Bonchev–Trinajstić information content (AvgIpc) is 3.46. The number of hydrogen-bond donors (Lipinski definition) is 1. The van der Waals surface area contributed by atoms with E-state index in [-0.39, 0.29) is 12.1 Å². The number of ketones is 1. The van der Waals surface area contributed by atoms with E-state index in [0.29, 0.717) is 21.1 Å². The predicted molar refractivity (Wildman–Crippen MR) is 149 cm³/mol. The van der Waals surface area contributed by atoms with Gasteiger partial charge in [0.25, 0.3) is 5.91 Å². The Balaban J connectivity index is 1.55. The molecule has 39 heavy (non-hydrogen) atoms. The van der Waals surface area contributed by atoms with Crippen LogP contribution in [0.4, 0.5) is 0 Å². The smallest absolute Gasteiger partial charge is 0.337 e. The third-order valence-corrected chi connectivity index (χ3v) is 7.99. The third-order valence-electron chi connectivity index (χ3n) is 6.78. The van der Waals surface area contributed by atoms with Gasteiger partial charge < -0.3 is 14.7 Å². The molecular weight excluding hydrogens is 512 g/mol. The van der Waals surface area contributed by atoms with Gasteiger partial charge >= 0.3 is 5.97 Å². The van der Waals surface area contributed by atoms with E-state index < -0.39 is 29.5 Å². The van der Waals surface area contributed by atoms with Crippen molar-refractivity contribution in [2.45, 2.75) is 26.4 Å². The van der Waals surface area contributed by atoms with Gasteiger partial charge in [-0.2, -0.15) is 0 Å². The van der Waals surface area contributed by atoms with E-state index in [1.165, 1.54) is 23.3 Å². The second-order valence-electron chi connectivity index (χ2n) is 9.27. The third kappa shape index (κ3) is 4.86. The van der Waals surface area contributed by atoms with Gasteiger partial charge in [0.15, 0.2) is 5.76 Å². The lowest BCUT2D eigenvalue weighted by Gasteiger charge is -2.28. The van der Waals surface area contributed by atoms with Gasteiger partial charge in [-0.25, -0.2) is 9.78 Å². The first-order chi connectivity index (χ1) is 18.8. The van der Waals surface area contributed by atoms with Crippen molar-refractivity contribution in [1.82, 2.24) is 9.88 Å². The molecule has 1 aromatic heterocycles. The number of aromatic nitrogens is 1. The van der Waals surface area contributed by atoms with Gasteiger partial charge in [0.05, 0.1) is 34.9 Å². The SMILES string of the molecule is COC(=O)c1ccc(CN2C(=O)C(O)=C(C(=O)c3sc(-c4ccccc4)nc3C)C2c2ccccc2C)cc1. The Morgan fingerprint density at radius 1 is 0.974 bits per heavy atom. The molecule has 0 bridgehead atoms. The molecule has 1 aliphatic heterocycles. The van der Waals surface area contributed by atoms with Crippen molar-refractivity contribution in [2.75, 3.05) is 7.11 Å². The van der Waals surface area contributed by atoms with Crippen LogP contribution in [0.5, 0.6) is 0 Å². The topological polar surface area (TPSA) is 96.8 Å². The number of ether oxygens (including phenoxy) is 1. The lowest BCUT2D eigenvalue weighted by Crippen LogP contribution is -2.31. The highest BCUT2D eigenvalue weighted by molar-refractivity contribution is 7.17. The maximum absolute atomic E-state index is 14.0. The summed E-state index contributed by atoms with van der Waals surface area (Å²) in [5, 5.41) is 11.8. The summed E-state index contributed by atoms with van der Waals surface area (Å²) < 4.78 is 4.77. The molecule has 0 saturated carbocycles. The number of aliphatic hydroxyl groups is 1. The summed E-state index contributed by atoms with van der Waals surface area (Å²) in [6.45, 7) is 3.79. The Hall–Kier alpha value is -4.56. The van der Waals surface area contributed by atoms with Crippen molar-refractivity contribution in [1.29, 1.82) is 0 Å². The number of benzene rings is 3. The highest BCUT2D eigenvalue weighted by Crippen LogP contribution is 2.42. The quantitative estimate of drug-likeness (QED) is 0.229. The second-order valence-corrected chi connectivity index (χ2v) is 10.3. The highest BCUT2D eigenvalue weighted by atomic mass is 32.1. The molecule has 4 aromatic rings. The van der Waals surface area contributed by atoms with Gasteiger partial charge in [0.2, 0.25) is 5.78 Å². The minimum Gasteiger partial charge on any atom is -0.503 e. The number of aryl methyl sites for hydroxylation is 2. The molecule has 1 amide bonds. The number of nitrogens with zero attached hydrogens (tertiary/aromatic N) is 2. The van der Waals surface area contributed by atoms with Crippen LogP contribution < -0.4 is 0 Å². The lowest BCUT2D eigenvalue weighted by molar-refractivity contribution is -0.130. The molecule has 196 valence electrons. The second kappa shape index (κ2) is 10.7. The molecule has 0 fully saturated rings. The Morgan fingerprint density at radius 2 is 1.64 bits per heavy atom. The number of rotatable bonds is 7. The van der Waals surface area contributed by atoms with E-state index in [4.69, 9.17) is 4.74 Å². The van der Waals surface area contributed by atoms with Crippen molar-refractivity contribution in [2.24, 2.45) is 0 Å². The molecule has 0 spiro atoms. The lowest BCUT2D eigenvalue weighted by atomic mass is 9.92. The number of methoxy groups -OCH3 is 1. The minimum atomic E-state index is -0.798. The number of esters is 1. The van der Waals surface area contributed by atoms with Crippen LogP contribution in [-0.2, 0) is 16.1 Å². The van der Waals surface area contributed by atoms with Crippen LogP contribution in [0.15, 0.2) is 90.2 Å². The monoisotopic (exact) mass is 538 g/mol. The zero-order valence-electron chi connectivity index (χ0n) is 21.7. The molecule has 0 radical (unpaired) electrons. The molecule has 0 aliphatic carbocycles. The summed E-state index contributed by atoms with van der Waals surface area (Å²) in [4.78, 5) is 45.8. The maximum Gasteiger partial charge on any atom is 0.337 e. The van der Waals surface area contributed by atoms with Crippen molar-refractivity contribution in [3.05, 3.63) is 123 Å². The van der Waals surface area contributed by atoms with Gasteiger partial charge in [-0.15, -0.1) is 11.3 Å². The molecule has 7 nitrogen and oxygen atoms in total. The zero-order valence-corrected chi connectivity index (χ0v) is 22.5. The molecule has 1 atom stereocenters. The number of Topliss-reactive ketones (excluding diaryl/α,β-unsaturated/α-hetero) is 1. The number of carbonyl (C=O) groups is 3. The summed E-state index contributed by atoms with van der Waals surface area (Å²) >= 11 is 1.24. The summed E-state index contributed by atoms with van der Waals surface area (Å²) in [6, 6.07) is 23.0. The average molecular weight is 539 g/mol. The fraction of sp³-hybridized carbons (Fsp3) is 0.161. The molecule has 8 heteroatoms. The van der Waals surface area contributed by atoms with Crippen LogP contribution in [-0.4, -0.2) is 39.8 Å². The van der Waals surface area contributed by atoms with Crippen LogP contribution in [0.2, 0.25) is 0 Å². The molecule has 2 heterocycles. The van der Waals surface area contributed by atoms with Crippen molar-refractivity contribution in [3.8, 4) is 10.6 Å². The van der Waals surface area contributed by atoms with E-state index >= 15 is 0 Å². The number of thiazole rings is 1. The largest absolute Gasteiger partial charge is 0.503 e. The molecule has 1 unspecified atom stereocenters. The van der Waals surface area contributed by atoms with E-state index in [1.807, 2.05) is 61.5 Å². The fourth-order valence-corrected chi connectivity index (χ4v) is 5.79. The molecule has 5 rings (SSSR count). The van der Waals surface area contributed by atoms with Crippen LogP contribution in [0, 0.1) is 13.8 Å².